The summed E-state index contributed by atoms with van der Waals surface area (Å²) in [5.74, 6) is 2.81. The van der Waals surface area contributed by atoms with Crippen molar-refractivity contribution < 1.29 is 9.53 Å². The SMILES string of the molecule is CCC(=C=O)Oc1ccc(C(C)(C)C)cc1. The van der Waals surface area contributed by atoms with Crippen molar-refractivity contribution in [3.8, 4) is 5.75 Å². The maximum Gasteiger partial charge on any atom is 0.187 e. The first-order valence-corrected chi connectivity index (χ1v) is 5.49. The van der Waals surface area contributed by atoms with Gasteiger partial charge in [0.05, 0.1) is 0 Å². The summed E-state index contributed by atoms with van der Waals surface area (Å²) in [5.41, 5.74) is 1.38. The molecule has 0 unspecified atom stereocenters. The van der Waals surface area contributed by atoms with Gasteiger partial charge in [-0.2, -0.15) is 0 Å². The predicted octanol–water partition coefficient (Wildman–Crippen LogP) is 3.49. The summed E-state index contributed by atoms with van der Waals surface area (Å²) >= 11 is 0. The Morgan fingerprint density at radius 1 is 1.25 bits per heavy atom. The fourth-order valence-electron chi connectivity index (χ4n) is 1.33. The van der Waals surface area contributed by atoms with E-state index >= 15 is 0 Å². The Morgan fingerprint density at radius 3 is 2.19 bits per heavy atom. The highest BCUT2D eigenvalue weighted by Gasteiger charge is 2.13. The molecule has 0 saturated carbocycles. The number of rotatable bonds is 3. The van der Waals surface area contributed by atoms with Gasteiger partial charge in [0.25, 0.3) is 0 Å². The largest absolute Gasteiger partial charge is 0.450 e. The molecule has 0 spiro atoms. The van der Waals surface area contributed by atoms with Crippen molar-refractivity contribution in [2.24, 2.45) is 0 Å². The highest BCUT2D eigenvalue weighted by atomic mass is 16.5. The van der Waals surface area contributed by atoms with Gasteiger partial charge in [-0.1, -0.05) is 39.8 Å². The van der Waals surface area contributed by atoms with Crippen molar-refractivity contribution in [1.82, 2.24) is 0 Å². The zero-order valence-electron chi connectivity index (χ0n) is 10.3. The van der Waals surface area contributed by atoms with E-state index in [1.165, 1.54) is 5.56 Å². The maximum absolute atomic E-state index is 10.5. The van der Waals surface area contributed by atoms with Crippen LogP contribution in [-0.4, -0.2) is 5.94 Å². The minimum Gasteiger partial charge on any atom is -0.450 e. The first-order valence-electron chi connectivity index (χ1n) is 5.49. The van der Waals surface area contributed by atoms with Crippen LogP contribution in [-0.2, 0) is 10.2 Å². The van der Waals surface area contributed by atoms with Crippen LogP contribution in [0.3, 0.4) is 0 Å². The van der Waals surface area contributed by atoms with Crippen LogP contribution in [0.25, 0.3) is 0 Å². The van der Waals surface area contributed by atoms with E-state index in [1.54, 1.807) is 5.94 Å². The maximum atomic E-state index is 10.5. The van der Waals surface area contributed by atoms with E-state index in [0.717, 1.165) is 0 Å². The average Bonchev–Trinajstić information content (AvgIpc) is 2.25. The number of hydrogen-bond donors (Lipinski definition) is 0. The number of hydrogen-bond acceptors (Lipinski definition) is 2. The Balaban J connectivity index is 2.84. The summed E-state index contributed by atoms with van der Waals surface area (Å²) in [4.78, 5) is 10.5. The molecule has 0 aliphatic rings. The molecule has 0 radical (unpaired) electrons. The van der Waals surface area contributed by atoms with Crippen molar-refractivity contribution in [3.05, 3.63) is 35.6 Å². The molecule has 2 heteroatoms. The molecule has 0 fully saturated rings. The van der Waals surface area contributed by atoms with Crippen molar-refractivity contribution in [3.63, 3.8) is 0 Å². The topological polar surface area (TPSA) is 26.3 Å². The van der Waals surface area contributed by atoms with Crippen LogP contribution in [0, 0.1) is 0 Å². The van der Waals surface area contributed by atoms with Gasteiger partial charge in [0.2, 0.25) is 0 Å². The Bertz CT molecular complexity index is 390. The molecule has 0 saturated heterocycles. The summed E-state index contributed by atoms with van der Waals surface area (Å²) < 4.78 is 5.37. The minimum absolute atomic E-state index is 0.132. The molecule has 0 heterocycles. The number of ether oxygens (including phenoxy) is 1. The van der Waals surface area contributed by atoms with Crippen molar-refractivity contribution in [2.45, 2.75) is 39.5 Å². The van der Waals surface area contributed by atoms with Gasteiger partial charge in [0.15, 0.2) is 11.7 Å². The fourth-order valence-corrected chi connectivity index (χ4v) is 1.33. The molecule has 0 aliphatic carbocycles. The number of carbonyl (C=O) groups excluding carboxylic acids is 1. The molecule has 0 aliphatic heterocycles. The highest BCUT2D eigenvalue weighted by Crippen LogP contribution is 2.24. The quantitative estimate of drug-likeness (QED) is 0.573. The van der Waals surface area contributed by atoms with Gasteiger partial charge >= 0.3 is 0 Å². The van der Waals surface area contributed by atoms with Crippen LogP contribution >= 0.6 is 0 Å². The van der Waals surface area contributed by atoms with Crippen LogP contribution in [0.1, 0.15) is 39.7 Å². The van der Waals surface area contributed by atoms with Gasteiger partial charge in [0.1, 0.15) is 5.75 Å². The third-order valence-corrected chi connectivity index (χ3v) is 2.40. The number of allylic oxidation sites excluding steroid dienone is 1. The van der Waals surface area contributed by atoms with Gasteiger partial charge in [-0.25, -0.2) is 4.79 Å². The van der Waals surface area contributed by atoms with E-state index in [4.69, 9.17) is 4.74 Å². The lowest BCUT2D eigenvalue weighted by molar-refractivity contribution is 0.409. The Kier molecular flexibility index (Phi) is 3.92. The molecule has 86 valence electrons. The summed E-state index contributed by atoms with van der Waals surface area (Å²) in [5, 5.41) is 0. The van der Waals surface area contributed by atoms with E-state index in [9.17, 15) is 4.79 Å². The second kappa shape index (κ2) is 5.00. The van der Waals surface area contributed by atoms with Crippen LogP contribution in [0.5, 0.6) is 5.75 Å². The molecule has 16 heavy (non-hydrogen) atoms. The van der Waals surface area contributed by atoms with Gasteiger partial charge in [-0.3, -0.25) is 0 Å². The van der Waals surface area contributed by atoms with Crippen LogP contribution in [0.4, 0.5) is 0 Å². The lowest BCUT2D eigenvalue weighted by Crippen LogP contribution is -2.10. The van der Waals surface area contributed by atoms with Crippen molar-refractivity contribution in [2.75, 3.05) is 0 Å². The van der Waals surface area contributed by atoms with Gasteiger partial charge < -0.3 is 4.74 Å². The molecule has 0 bridgehead atoms. The van der Waals surface area contributed by atoms with E-state index in [2.05, 4.69) is 20.8 Å². The molecule has 0 N–H and O–H groups in total. The Hall–Kier alpha value is -1.53. The third-order valence-electron chi connectivity index (χ3n) is 2.40. The van der Waals surface area contributed by atoms with Crippen molar-refractivity contribution in [1.29, 1.82) is 0 Å². The van der Waals surface area contributed by atoms with E-state index in [0.29, 0.717) is 17.9 Å². The van der Waals surface area contributed by atoms with E-state index in [-0.39, 0.29) is 5.41 Å². The molecule has 1 aromatic carbocycles. The molecule has 1 aromatic rings. The van der Waals surface area contributed by atoms with Crippen LogP contribution in [0.15, 0.2) is 30.0 Å². The third kappa shape index (κ3) is 3.25. The van der Waals surface area contributed by atoms with Gasteiger partial charge in [0, 0.05) is 6.42 Å². The standard InChI is InChI=1S/C14H18O2/c1-5-12(10-15)16-13-8-6-11(7-9-13)14(2,3)4/h6-9H,5H2,1-4H3. The molecule has 0 atom stereocenters. The monoisotopic (exact) mass is 218 g/mol. The van der Waals surface area contributed by atoms with Crippen LogP contribution < -0.4 is 4.74 Å². The molecule has 0 aromatic heterocycles. The van der Waals surface area contributed by atoms with E-state index < -0.39 is 0 Å². The van der Waals surface area contributed by atoms with Crippen LogP contribution in [0.2, 0.25) is 0 Å². The highest BCUT2D eigenvalue weighted by molar-refractivity contribution is 5.50. The van der Waals surface area contributed by atoms with Gasteiger partial charge in [-0.05, 0) is 23.1 Å². The zero-order valence-corrected chi connectivity index (χ0v) is 10.3. The predicted molar refractivity (Wildman–Crippen MR) is 65.3 cm³/mol. The lowest BCUT2D eigenvalue weighted by atomic mass is 9.87. The second-order valence-electron chi connectivity index (χ2n) is 4.76. The second-order valence-corrected chi connectivity index (χ2v) is 4.76. The first kappa shape index (κ1) is 12.5. The smallest absolute Gasteiger partial charge is 0.187 e. The zero-order chi connectivity index (χ0) is 12.2. The molecule has 1 rings (SSSR count). The molecular formula is C14H18O2. The van der Waals surface area contributed by atoms with E-state index in [1.807, 2.05) is 31.2 Å². The lowest BCUT2D eigenvalue weighted by Gasteiger charge is -2.19. The Morgan fingerprint density at radius 2 is 1.81 bits per heavy atom. The molecule has 2 nitrogen and oxygen atoms in total. The molecular weight excluding hydrogens is 200 g/mol. The van der Waals surface area contributed by atoms with Crippen molar-refractivity contribution >= 4 is 5.94 Å². The van der Waals surface area contributed by atoms with Gasteiger partial charge in [-0.15, -0.1) is 0 Å². The summed E-state index contributed by atoms with van der Waals surface area (Å²) in [6, 6.07) is 7.81. The average molecular weight is 218 g/mol. The minimum atomic E-state index is 0.132. The Labute approximate surface area is 96.9 Å². The number of benzene rings is 1. The summed E-state index contributed by atoms with van der Waals surface area (Å²) in [6.45, 7) is 8.34. The normalized spacial score (nSPS) is 10.8. The fraction of sp³-hybridized carbons (Fsp3) is 0.429. The first-order chi connectivity index (χ1) is 7.47. The summed E-state index contributed by atoms with van der Waals surface area (Å²) in [6.07, 6.45) is 0.560. The summed E-state index contributed by atoms with van der Waals surface area (Å²) in [7, 11) is 0. The molecule has 0 amide bonds.